The number of pyridine rings is 1. The van der Waals surface area contributed by atoms with E-state index in [0.29, 0.717) is 28.0 Å². The molecule has 0 amide bonds. The Morgan fingerprint density at radius 1 is 1.37 bits per heavy atom. The van der Waals surface area contributed by atoms with Crippen molar-refractivity contribution in [2.24, 2.45) is 0 Å². The lowest BCUT2D eigenvalue weighted by Gasteiger charge is -2.14. The topological polar surface area (TPSA) is 42.4 Å². The van der Waals surface area contributed by atoms with Gasteiger partial charge in [-0.05, 0) is 30.7 Å². The Hall–Kier alpha value is -1.46. The summed E-state index contributed by atoms with van der Waals surface area (Å²) < 4.78 is 18.9. The molecule has 1 aromatic carbocycles. The first-order chi connectivity index (χ1) is 9.11. The minimum absolute atomic E-state index is 0.357. The van der Waals surface area contributed by atoms with Gasteiger partial charge in [-0.2, -0.15) is 0 Å². The zero-order valence-electron chi connectivity index (χ0n) is 10.3. The zero-order chi connectivity index (χ0) is 13.8. The molecule has 1 heterocycles. The summed E-state index contributed by atoms with van der Waals surface area (Å²) in [6.07, 6.45) is 2.26. The number of halogens is 2. The van der Waals surface area contributed by atoms with Crippen molar-refractivity contribution in [3.8, 4) is 5.75 Å². The third kappa shape index (κ3) is 3.30. The maximum Gasteiger partial charge on any atom is 0.137 e. The molecule has 100 valence electrons. The van der Waals surface area contributed by atoms with Crippen molar-refractivity contribution in [2.45, 2.75) is 13.0 Å². The van der Waals surface area contributed by atoms with Crippen molar-refractivity contribution in [1.82, 2.24) is 4.98 Å². The van der Waals surface area contributed by atoms with Crippen LogP contribution in [-0.4, -0.2) is 16.7 Å². The maximum absolute atomic E-state index is 13.0. The molecule has 0 saturated heterocycles. The summed E-state index contributed by atoms with van der Waals surface area (Å²) in [5.74, 6) is 0.237. The summed E-state index contributed by atoms with van der Waals surface area (Å²) >= 11 is 3.24. The zero-order valence-corrected chi connectivity index (χ0v) is 11.9. The van der Waals surface area contributed by atoms with Crippen LogP contribution in [0.2, 0.25) is 0 Å². The summed E-state index contributed by atoms with van der Waals surface area (Å²) in [6.45, 7) is 2.40. The van der Waals surface area contributed by atoms with Crippen LogP contribution >= 0.6 is 15.9 Å². The Morgan fingerprint density at radius 2 is 2.16 bits per heavy atom. The van der Waals surface area contributed by atoms with E-state index >= 15 is 0 Å². The van der Waals surface area contributed by atoms with Gasteiger partial charge in [0, 0.05) is 16.2 Å². The van der Waals surface area contributed by atoms with Crippen molar-refractivity contribution in [3.63, 3.8) is 0 Å². The van der Waals surface area contributed by atoms with Gasteiger partial charge < -0.3 is 9.84 Å². The first kappa shape index (κ1) is 14.0. The number of nitrogens with zero attached hydrogens (tertiary/aromatic N) is 1. The fourth-order valence-corrected chi connectivity index (χ4v) is 2.30. The van der Waals surface area contributed by atoms with Gasteiger partial charge in [0.25, 0.3) is 0 Å². The molecule has 3 nitrogen and oxygen atoms in total. The smallest absolute Gasteiger partial charge is 0.137 e. The molecular weight excluding hydrogens is 313 g/mol. The maximum atomic E-state index is 13.0. The van der Waals surface area contributed by atoms with Gasteiger partial charge in [0.1, 0.15) is 17.7 Å². The number of aromatic nitrogens is 1. The van der Waals surface area contributed by atoms with E-state index in [9.17, 15) is 9.50 Å². The van der Waals surface area contributed by atoms with Crippen LogP contribution in [0.25, 0.3) is 0 Å². The molecule has 0 saturated carbocycles. The van der Waals surface area contributed by atoms with Gasteiger partial charge in [-0.3, -0.25) is 4.98 Å². The van der Waals surface area contributed by atoms with Crippen molar-refractivity contribution in [1.29, 1.82) is 0 Å². The highest BCUT2D eigenvalue weighted by molar-refractivity contribution is 9.10. The van der Waals surface area contributed by atoms with Gasteiger partial charge in [-0.1, -0.05) is 22.0 Å². The lowest BCUT2D eigenvalue weighted by Crippen LogP contribution is -2.03. The summed E-state index contributed by atoms with van der Waals surface area (Å²) in [7, 11) is 0. The Labute approximate surface area is 119 Å². The second-order valence-electron chi connectivity index (χ2n) is 3.96. The van der Waals surface area contributed by atoms with Gasteiger partial charge in [-0.25, -0.2) is 4.39 Å². The van der Waals surface area contributed by atoms with Crippen LogP contribution in [0, 0.1) is 5.82 Å². The van der Waals surface area contributed by atoms with Crippen LogP contribution < -0.4 is 4.74 Å². The predicted octanol–water partition coefficient (Wildman–Crippen LogP) is 3.46. The van der Waals surface area contributed by atoms with Crippen molar-refractivity contribution < 1.29 is 14.2 Å². The third-order valence-electron chi connectivity index (χ3n) is 2.62. The molecule has 2 aromatic rings. The Kier molecular flexibility index (Phi) is 4.50. The van der Waals surface area contributed by atoms with E-state index in [2.05, 4.69) is 20.9 Å². The van der Waals surface area contributed by atoms with E-state index in [1.807, 2.05) is 6.92 Å². The summed E-state index contributed by atoms with van der Waals surface area (Å²) in [4.78, 5) is 4.02. The minimum Gasteiger partial charge on any atom is -0.492 e. The van der Waals surface area contributed by atoms with E-state index < -0.39 is 6.10 Å². The van der Waals surface area contributed by atoms with Crippen LogP contribution in [0.3, 0.4) is 0 Å². The predicted molar refractivity (Wildman–Crippen MR) is 73.6 cm³/mol. The SMILES string of the molecule is CCOc1cncc(C(O)c2ccc(F)cc2Br)c1. The second kappa shape index (κ2) is 6.12. The van der Waals surface area contributed by atoms with Gasteiger partial charge in [0.15, 0.2) is 0 Å². The fourth-order valence-electron chi connectivity index (χ4n) is 1.73. The summed E-state index contributed by atoms with van der Waals surface area (Å²) in [6, 6.07) is 5.88. The van der Waals surface area contributed by atoms with Crippen molar-refractivity contribution in [2.75, 3.05) is 6.61 Å². The third-order valence-corrected chi connectivity index (χ3v) is 3.30. The molecule has 0 aliphatic carbocycles. The van der Waals surface area contributed by atoms with E-state index in [-0.39, 0.29) is 5.82 Å². The van der Waals surface area contributed by atoms with Crippen LogP contribution in [0.1, 0.15) is 24.2 Å². The van der Waals surface area contributed by atoms with Gasteiger partial charge in [-0.15, -0.1) is 0 Å². The average molecular weight is 326 g/mol. The molecule has 1 atom stereocenters. The van der Waals surface area contributed by atoms with Crippen LogP contribution in [0.15, 0.2) is 41.1 Å². The fraction of sp³-hybridized carbons (Fsp3) is 0.214. The molecule has 1 N–H and O–H groups in total. The normalized spacial score (nSPS) is 12.2. The molecular formula is C14H13BrFNO2. The number of rotatable bonds is 4. The Morgan fingerprint density at radius 3 is 2.84 bits per heavy atom. The lowest BCUT2D eigenvalue weighted by molar-refractivity contribution is 0.218. The van der Waals surface area contributed by atoms with Crippen molar-refractivity contribution in [3.05, 3.63) is 58.1 Å². The molecule has 1 unspecified atom stereocenters. The standard InChI is InChI=1S/C14H13BrFNO2/c1-2-19-11-5-9(7-17-8-11)14(18)12-4-3-10(16)6-13(12)15/h3-8,14,18H,2H2,1H3. The molecule has 19 heavy (non-hydrogen) atoms. The Bertz CT molecular complexity index is 577. The Balaban J connectivity index is 2.32. The first-order valence-corrected chi connectivity index (χ1v) is 6.62. The van der Waals surface area contributed by atoms with Gasteiger partial charge in [0.05, 0.1) is 12.8 Å². The molecule has 1 aromatic heterocycles. The molecule has 2 rings (SSSR count). The quantitative estimate of drug-likeness (QED) is 0.936. The number of hydrogen-bond donors (Lipinski definition) is 1. The second-order valence-corrected chi connectivity index (χ2v) is 4.81. The summed E-state index contributed by atoms with van der Waals surface area (Å²) in [5.41, 5.74) is 1.18. The number of ether oxygens (including phenoxy) is 1. The van der Waals surface area contributed by atoms with E-state index in [1.165, 1.54) is 18.2 Å². The highest BCUT2D eigenvalue weighted by atomic mass is 79.9. The number of benzene rings is 1. The van der Waals surface area contributed by atoms with E-state index in [1.54, 1.807) is 18.5 Å². The highest BCUT2D eigenvalue weighted by Crippen LogP contribution is 2.30. The monoisotopic (exact) mass is 325 g/mol. The number of aliphatic hydroxyl groups excluding tert-OH is 1. The van der Waals surface area contributed by atoms with E-state index in [4.69, 9.17) is 4.74 Å². The molecule has 0 bridgehead atoms. The van der Waals surface area contributed by atoms with E-state index in [0.717, 1.165) is 0 Å². The van der Waals surface area contributed by atoms with Gasteiger partial charge >= 0.3 is 0 Å². The molecule has 0 aliphatic heterocycles. The van der Waals surface area contributed by atoms with Crippen LogP contribution in [-0.2, 0) is 0 Å². The van der Waals surface area contributed by atoms with Crippen LogP contribution in [0.5, 0.6) is 5.75 Å². The molecule has 0 spiro atoms. The average Bonchev–Trinajstić information content (AvgIpc) is 2.39. The lowest BCUT2D eigenvalue weighted by atomic mass is 10.0. The highest BCUT2D eigenvalue weighted by Gasteiger charge is 2.15. The van der Waals surface area contributed by atoms with Crippen molar-refractivity contribution >= 4 is 15.9 Å². The molecule has 0 fully saturated rings. The number of hydrogen-bond acceptors (Lipinski definition) is 3. The summed E-state index contributed by atoms with van der Waals surface area (Å²) in [5, 5.41) is 10.3. The molecule has 5 heteroatoms. The first-order valence-electron chi connectivity index (χ1n) is 5.82. The van der Waals surface area contributed by atoms with Gasteiger partial charge in [0.2, 0.25) is 0 Å². The molecule has 0 radical (unpaired) electrons. The molecule has 0 aliphatic rings. The number of aliphatic hydroxyl groups is 1. The minimum atomic E-state index is -0.886. The largest absolute Gasteiger partial charge is 0.492 e. The van der Waals surface area contributed by atoms with Crippen LogP contribution in [0.4, 0.5) is 4.39 Å².